The van der Waals surface area contributed by atoms with E-state index in [1.165, 1.54) is 0 Å². The molecule has 0 aliphatic carbocycles. The number of benzene rings is 1. The summed E-state index contributed by atoms with van der Waals surface area (Å²) in [6, 6.07) is 5.13. The number of rotatable bonds is 2. The van der Waals surface area contributed by atoms with Crippen molar-refractivity contribution < 1.29 is 12.9 Å². The number of halogens is 1. The van der Waals surface area contributed by atoms with Crippen LogP contribution in [0.4, 0.5) is 5.69 Å². The second-order valence-corrected chi connectivity index (χ2v) is 7.39. The van der Waals surface area contributed by atoms with E-state index in [-0.39, 0.29) is 23.3 Å². The number of nitrogens with two attached hydrogens (primary N) is 1. The Morgan fingerprint density at radius 3 is 2.90 bits per heavy atom. The lowest BCUT2D eigenvalue weighted by atomic mass is 10.1. The van der Waals surface area contributed by atoms with Gasteiger partial charge in [0.15, 0.2) is 15.7 Å². The Hall–Kier alpha value is -1.60. The molecule has 2 N–H and O–H groups in total. The van der Waals surface area contributed by atoms with Crippen LogP contribution in [-0.4, -0.2) is 30.1 Å². The molecule has 20 heavy (non-hydrogen) atoms. The number of aromatic nitrogens is 2. The van der Waals surface area contributed by atoms with E-state index in [1.54, 1.807) is 18.2 Å². The van der Waals surface area contributed by atoms with Crippen LogP contribution >= 0.6 is 11.6 Å². The molecule has 0 spiro atoms. The molecule has 1 atom stereocenters. The van der Waals surface area contributed by atoms with E-state index in [0.29, 0.717) is 28.5 Å². The summed E-state index contributed by atoms with van der Waals surface area (Å²) in [6.45, 7) is 0. The Kier molecular flexibility index (Phi) is 3.18. The van der Waals surface area contributed by atoms with E-state index < -0.39 is 9.84 Å². The summed E-state index contributed by atoms with van der Waals surface area (Å²) in [4.78, 5) is 4.25. The lowest BCUT2D eigenvalue weighted by Crippen LogP contribution is -2.05. The highest BCUT2D eigenvalue weighted by molar-refractivity contribution is 7.91. The average Bonchev–Trinajstić information content (AvgIpc) is 2.99. The summed E-state index contributed by atoms with van der Waals surface area (Å²) in [5.41, 5.74) is 6.78. The molecule has 0 radical (unpaired) electrons. The van der Waals surface area contributed by atoms with Gasteiger partial charge in [0.2, 0.25) is 0 Å². The van der Waals surface area contributed by atoms with E-state index in [0.717, 1.165) is 0 Å². The van der Waals surface area contributed by atoms with Crippen LogP contribution in [0.2, 0.25) is 5.02 Å². The minimum absolute atomic E-state index is 0.0665. The smallest absolute Gasteiger partial charge is 0.260 e. The highest BCUT2D eigenvalue weighted by Gasteiger charge is 2.32. The molecular weight excluding hydrogens is 302 g/mol. The Bertz CT molecular complexity index is 757. The van der Waals surface area contributed by atoms with Crippen molar-refractivity contribution >= 4 is 27.1 Å². The summed E-state index contributed by atoms with van der Waals surface area (Å²) in [7, 11) is -2.98. The SMILES string of the molecule is Nc1c(Cl)cccc1-c1nc(C2CCS(=O)(=O)C2)no1. The van der Waals surface area contributed by atoms with Crippen molar-refractivity contribution in [2.24, 2.45) is 0 Å². The van der Waals surface area contributed by atoms with E-state index in [4.69, 9.17) is 21.9 Å². The first-order valence-corrected chi connectivity index (χ1v) is 8.24. The maximum atomic E-state index is 11.5. The Balaban J connectivity index is 1.93. The summed E-state index contributed by atoms with van der Waals surface area (Å²) in [5, 5.41) is 4.27. The summed E-state index contributed by atoms with van der Waals surface area (Å²) in [5.74, 6) is 0.681. The van der Waals surface area contributed by atoms with Gasteiger partial charge in [-0.2, -0.15) is 4.98 Å². The first kappa shape index (κ1) is 13.4. The monoisotopic (exact) mass is 313 g/mol. The van der Waals surface area contributed by atoms with Crippen LogP contribution in [0.25, 0.3) is 11.5 Å². The van der Waals surface area contributed by atoms with E-state index in [1.807, 2.05) is 0 Å². The summed E-state index contributed by atoms with van der Waals surface area (Å²) >= 11 is 5.94. The first-order chi connectivity index (χ1) is 9.46. The maximum absolute atomic E-state index is 11.5. The van der Waals surface area contributed by atoms with E-state index >= 15 is 0 Å². The molecule has 0 saturated carbocycles. The van der Waals surface area contributed by atoms with Crippen molar-refractivity contribution in [1.82, 2.24) is 10.1 Å². The van der Waals surface area contributed by atoms with Crippen molar-refractivity contribution in [3.05, 3.63) is 29.0 Å². The van der Waals surface area contributed by atoms with Crippen LogP contribution < -0.4 is 5.73 Å². The Morgan fingerprint density at radius 1 is 1.40 bits per heavy atom. The number of para-hydroxylation sites is 1. The first-order valence-electron chi connectivity index (χ1n) is 6.05. The minimum Gasteiger partial charge on any atom is -0.397 e. The third-order valence-corrected chi connectivity index (χ3v) is 5.42. The van der Waals surface area contributed by atoms with Gasteiger partial charge in [0, 0.05) is 5.92 Å². The van der Waals surface area contributed by atoms with Gasteiger partial charge in [-0.1, -0.05) is 22.8 Å². The molecule has 106 valence electrons. The molecule has 1 aliphatic heterocycles. The zero-order valence-corrected chi connectivity index (χ0v) is 12.0. The second kappa shape index (κ2) is 4.75. The van der Waals surface area contributed by atoms with E-state index in [9.17, 15) is 8.42 Å². The molecule has 2 aromatic rings. The molecule has 1 aromatic carbocycles. The van der Waals surface area contributed by atoms with Crippen molar-refractivity contribution in [2.45, 2.75) is 12.3 Å². The van der Waals surface area contributed by atoms with Gasteiger partial charge in [-0.15, -0.1) is 0 Å². The van der Waals surface area contributed by atoms with Crippen LogP contribution in [0.3, 0.4) is 0 Å². The molecule has 8 heteroatoms. The van der Waals surface area contributed by atoms with Crippen LogP contribution in [0, 0.1) is 0 Å². The Morgan fingerprint density at radius 2 is 2.20 bits per heavy atom. The number of nitrogens with zero attached hydrogens (tertiary/aromatic N) is 2. The quantitative estimate of drug-likeness (QED) is 0.850. The highest BCUT2D eigenvalue weighted by atomic mass is 35.5. The normalized spacial score (nSPS) is 21.1. The molecule has 0 amide bonds. The molecule has 1 fully saturated rings. The molecular formula is C12H12ClN3O3S. The zero-order valence-electron chi connectivity index (χ0n) is 10.4. The maximum Gasteiger partial charge on any atom is 0.260 e. The number of anilines is 1. The van der Waals surface area contributed by atoms with Crippen LogP contribution in [0.1, 0.15) is 18.2 Å². The summed E-state index contributed by atoms with van der Waals surface area (Å²) < 4.78 is 28.1. The van der Waals surface area contributed by atoms with Gasteiger partial charge in [-0.25, -0.2) is 8.42 Å². The van der Waals surface area contributed by atoms with Crippen molar-refractivity contribution in [2.75, 3.05) is 17.2 Å². The lowest BCUT2D eigenvalue weighted by Gasteiger charge is -2.02. The predicted octanol–water partition coefficient (Wildman–Crippen LogP) is 1.87. The third-order valence-electron chi connectivity index (χ3n) is 3.32. The van der Waals surface area contributed by atoms with Crippen LogP contribution in [0.5, 0.6) is 0 Å². The molecule has 1 unspecified atom stereocenters. The Labute approximate surface area is 120 Å². The minimum atomic E-state index is -2.98. The predicted molar refractivity (Wildman–Crippen MR) is 75.2 cm³/mol. The number of hydrogen-bond acceptors (Lipinski definition) is 6. The molecule has 0 bridgehead atoms. The van der Waals surface area contributed by atoms with Gasteiger partial charge in [-0.3, -0.25) is 0 Å². The fourth-order valence-corrected chi connectivity index (χ4v) is 4.15. The lowest BCUT2D eigenvalue weighted by molar-refractivity contribution is 0.418. The van der Waals surface area contributed by atoms with Crippen molar-refractivity contribution in [1.29, 1.82) is 0 Å². The number of nitrogen functional groups attached to an aromatic ring is 1. The van der Waals surface area contributed by atoms with Crippen molar-refractivity contribution in [3.63, 3.8) is 0 Å². The molecule has 2 heterocycles. The number of sulfone groups is 1. The molecule has 6 nitrogen and oxygen atoms in total. The summed E-state index contributed by atoms with van der Waals surface area (Å²) in [6.07, 6.45) is 0.520. The van der Waals surface area contributed by atoms with Gasteiger partial charge in [-0.05, 0) is 18.6 Å². The molecule has 1 aromatic heterocycles. The second-order valence-electron chi connectivity index (χ2n) is 4.76. The van der Waals surface area contributed by atoms with E-state index in [2.05, 4.69) is 10.1 Å². The van der Waals surface area contributed by atoms with Gasteiger partial charge in [0.05, 0.1) is 27.8 Å². The molecule has 3 rings (SSSR count). The fourth-order valence-electron chi connectivity index (χ4n) is 2.23. The highest BCUT2D eigenvalue weighted by Crippen LogP contribution is 2.32. The van der Waals surface area contributed by atoms with Gasteiger partial charge in [0.25, 0.3) is 5.89 Å². The topological polar surface area (TPSA) is 99.1 Å². The van der Waals surface area contributed by atoms with Crippen LogP contribution in [0.15, 0.2) is 22.7 Å². The van der Waals surface area contributed by atoms with Crippen molar-refractivity contribution in [3.8, 4) is 11.5 Å². The van der Waals surface area contributed by atoms with Gasteiger partial charge >= 0.3 is 0 Å². The third kappa shape index (κ3) is 2.38. The van der Waals surface area contributed by atoms with Crippen LogP contribution in [-0.2, 0) is 9.84 Å². The van der Waals surface area contributed by atoms with Gasteiger partial charge < -0.3 is 10.3 Å². The molecule has 1 aliphatic rings. The molecule has 1 saturated heterocycles. The zero-order chi connectivity index (χ0) is 14.3. The van der Waals surface area contributed by atoms with Gasteiger partial charge in [0.1, 0.15) is 0 Å². The average molecular weight is 314 g/mol. The standard InChI is InChI=1S/C12H12ClN3O3S/c13-9-3-1-2-8(10(9)14)12-15-11(16-19-12)7-4-5-20(17,18)6-7/h1-3,7H,4-6,14H2. The largest absolute Gasteiger partial charge is 0.397 e. The fraction of sp³-hybridized carbons (Fsp3) is 0.333. The number of hydrogen-bond donors (Lipinski definition) is 1.